The van der Waals surface area contributed by atoms with Gasteiger partial charge in [-0.1, -0.05) is 60.7 Å². The van der Waals surface area contributed by atoms with E-state index >= 15 is 0 Å². The molecule has 1 aliphatic carbocycles. The zero-order valence-electron chi connectivity index (χ0n) is 15.9. The molecule has 28 heavy (non-hydrogen) atoms. The second kappa shape index (κ2) is 6.28. The topological polar surface area (TPSA) is 52.0 Å². The van der Waals surface area contributed by atoms with Crippen molar-refractivity contribution in [3.8, 4) is 33.4 Å². The van der Waals surface area contributed by atoms with Crippen molar-refractivity contribution in [1.82, 2.24) is 0 Å². The van der Waals surface area contributed by atoms with Crippen molar-refractivity contribution in [2.75, 3.05) is 11.5 Å². The van der Waals surface area contributed by atoms with Crippen LogP contribution in [0.1, 0.15) is 16.7 Å². The molecule has 4 aromatic carbocycles. The summed E-state index contributed by atoms with van der Waals surface area (Å²) in [4.78, 5) is 0. The second-order valence-electron chi connectivity index (χ2n) is 7.46. The van der Waals surface area contributed by atoms with Crippen molar-refractivity contribution in [2.24, 2.45) is 0 Å². The monoisotopic (exact) mass is 362 g/mol. The van der Waals surface area contributed by atoms with Gasteiger partial charge in [-0.25, -0.2) is 0 Å². The third-order valence-electron chi connectivity index (χ3n) is 5.87. The van der Waals surface area contributed by atoms with Crippen LogP contribution in [0.2, 0.25) is 0 Å². The normalized spacial score (nSPS) is 11.9. The van der Waals surface area contributed by atoms with Crippen LogP contribution in [0.25, 0.3) is 33.4 Å². The first-order valence-electron chi connectivity index (χ1n) is 9.59. The lowest BCUT2D eigenvalue weighted by Crippen LogP contribution is -2.00. The highest BCUT2D eigenvalue weighted by Gasteiger charge is 2.25. The molecule has 0 aromatic heterocycles. The number of nitrogens with two attached hydrogens (primary N) is 2. The Kier molecular flexibility index (Phi) is 3.73. The quantitative estimate of drug-likeness (QED) is 0.375. The van der Waals surface area contributed by atoms with Crippen molar-refractivity contribution < 1.29 is 0 Å². The molecule has 0 saturated carbocycles. The van der Waals surface area contributed by atoms with Gasteiger partial charge in [-0.3, -0.25) is 0 Å². The third-order valence-corrected chi connectivity index (χ3v) is 5.87. The number of nitrogen functional groups attached to an aromatic ring is 2. The number of para-hydroxylation sites is 2. The second-order valence-corrected chi connectivity index (χ2v) is 7.46. The standard InChI is InChI=1S/C26H22N2/c1-16-21-14-17-8-2-3-9-18(17)22(21)15-23(19-10-4-6-12-24(19)27)26(16)20-11-5-7-13-25(20)28/h2-13,15H,14,27-28H2,1H3. The summed E-state index contributed by atoms with van der Waals surface area (Å²) in [6.45, 7) is 2.22. The Morgan fingerprint density at radius 1 is 0.607 bits per heavy atom. The molecule has 1 aliphatic rings. The van der Waals surface area contributed by atoms with E-state index in [0.29, 0.717) is 0 Å². The molecule has 0 bridgehead atoms. The van der Waals surface area contributed by atoms with E-state index in [-0.39, 0.29) is 0 Å². The van der Waals surface area contributed by atoms with Crippen LogP contribution < -0.4 is 11.5 Å². The summed E-state index contributed by atoms with van der Waals surface area (Å²) < 4.78 is 0. The van der Waals surface area contributed by atoms with Gasteiger partial charge in [0, 0.05) is 22.5 Å². The van der Waals surface area contributed by atoms with Crippen LogP contribution in [-0.2, 0) is 6.42 Å². The minimum atomic E-state index is 0.781. The molecule has 136 valence electrons. The lowest BCUT2D eigenvalue weighted by molar-refractivity contribution is 1.22. The van der Waals surface area contributed by atoms with Crippen LogP contribution in [0.4, 0.5) is 11.4 Å². The number of anilines is 2. The van der Waals surface area contributed by atoms with Crippen LogP contribution >= 0.6 is 0 Å². The number of rotatable bonds is 2. The SMILES string of the molecule is Cc1c2c(cc(-c3ccccc3N)c1-c1ccccc1N)-c1ccccc1C2. The fourth-order valence-electron chi connectivity index (χ4n) is 4.48. The van der Waals surface area contributed by atoms with Crippen LogP contribution in [0.3, 0.4) is 0 Å². The molecule has 0 heterocycles. The van der Waals surface area contributed by atoms with Crippen molar-refractivity contribution in [3.63, 3.8) is 0 Å². The molecule has 4 aromatic rings. The zero-order chi connectivity index (χ0) is 19.3. The maximum atomic E-state index is 6.40. The Morgan fingerprint density at radius 2 is 1.18 bits per heavy atom. The maximum Gasteiger partial charge on any atom is 0.0394 e. The Balaban J connectivity index is 1.89. The van der Waals surface area contributed by atoms with Crippen LogP contribution in [0.15, 0.2) is 78.9 Å². The van der Waals surface area contributed by atoms with Gasteiger partial charge in [-0.05, 0) is 70.5 Å². The predicted octanol–water partition coefficient (Wildman–Crippen LogP) is 6.06. The van der Waals surface area contributed by atoms with Gasteiger partial charge in [0.05, 0.1) is 0 Å². The molecule has 0 amide bonds. The molecular weight excluding hydrogens is 340 g/mol. The highest BCUT2D eigenvalue weighted by atomic mass is 14.6. The summed E-state index contributed by atoms with van der Waals surface area (Å²) in [5.74, 6) is 0. The van der Waals surface area contributed by atoms with Crippen molar-refractivity contribution in [3.05, 3.63) is 95.6 Å². The summed E-state index contributed by atoms with van der Waals surface area (Å²) in [7, 11) is 0. The van der Waals surface area contributed by atoms with Crippen LogP contribution in [-0.4, -0.2) is 0 Å². The zero-order valence-corrected chi connectivity index (χ0v) is 15.9. The van der Waals surface area contributed by atoms with Gasteiger partial charge in [-0.2, -0.15) is 0 Å². The fourth-order valence-corrected chi connectivity index (χ4v) is 4.48. The van der Waals surface area contributed by atoms with Crippen LogP contribution in [0, 0.1) is 6.92 Å². The Hall–Kier alpha value is -3.52. The number of hydrogen-bond donors (Lipinski definition) is 2. The van der Waals surface area contributed by atoms with Gasteiger partial charge in [0.15, 0.2) is 0 Å². The first-order valence-corrected chi connectivity index (χ1v) is 9.59. The average molecular weight is 362 g/mol. The maximum absolute atomic E-state index is 6.40. The first-order chi connectivity index (χ1) is 13.6. The summed E-state index contributed by atoms with van der Waals surface area (Å²) in [6.07, 6.45) is 0.960. The minimum absolute atomic E-state index is 0.781. The third kappa shape index (κ3) is 2.42. The van der Waals surface area contributed by atoms with E-state index in [0.717, 1.165) is 34.5 Å². The van der Waals surface area contributed by atoms with E-state index in [1.54, 1.807) is 0 Å². The van der Waals surface area contributed by atoms with E-state index in [1.165, 1.54) is 33.4 Å². The largest absolute Gasteiger partial charge is 0.398 e. The summed E-state index contributed by atoms with van der Waals surface area (Å²) >= 11 is 0. The van der Waals surface area contributed by atoms with Gasteiger partial charge in [0.1, 0.15) is 0 Å². The molecule has 5 rings (SSSR count). The minimum Gasteiger partial charge on any atom is -0.398 e. The summed E-state index contributed by atoms with van der Waals surface area (Å²) in [5, 5.41) is 0. The van der Waals surface area contributed by atoms with Gasteiger partial charge >= 0.3 is 0 Å². The van der Waals surface area contributed by atoms with E-state index in [4.69, 9.17) is 11.5 Å². The molecular formula is C26H22N2. The molecule has 0 unspecified atom stereocenters. The molecule has 0 atom stereocenters. The van der Waals surface area contributed by atoms with Crippen molar-refractivity contribution in [2.45, 2.75) is 13.3 Å². The predicted molar refractivity (Wildman–Crippen MR) is 119 cm³/mol. The van der Waals surface area contributed by atoms with Crippen LogP contribution in [0.5, 0.6) is 0 Å². The highest BCUT2D eigenvalue weighted by Crippen LogP contribution is 2.47. The lowest BCUT2D eigenvalue weighted by atomic mass is 9.85. The molecule has 4 N–H and O–H groups in total. The van der Waals surface area contributed by atoms with Gasteiger partial charge in [0.25, 0.3) is 0 Å². The van der Waals surface area contributed by atoms with Gasteiger partial charge in [0.2, 0.25) is 0 Å². The number of benzene rings is 4. The fraction of sp³-hybridized carbons (Fsp3) is 0.0769. The molecule has 0 saturated heterocycles. The first kappa shape index (κ1) is 16.6. The van der Waals surface area contributed by atoms with Crippen molar-refractivity contribution >= 4 is 11.4 Å². The smallest absolute Gasteiger partial charge is 0.0394 e. The van der Waals surface area contributed by atoms with Crippen molar-refractivity contribution in [1.29, 1.82) is 0 Å². The Bertz CT molecular complexity index is 1220. The number of fused-ring (bicyclic) bond motifs is 3. The van der Waals surface area contributed by atoms with Gasteiger partial charge in [-0.15, -0.1) is 0 Å². The molecule has 2 heteroatoms. The molecule has 0 aliphatic heterocycles. The summed E-state index contributed by atoms with van der Waals surface area (Å²) in [5.41, 5.74) is 25.5. The van der Waals surface area contributed by atoms with E-state index in [1.807, 2.05) is 36.4 Å². The molecule has 2 nitrogen and oxygen atoms in total. The molecule has 0 fully saturated rings. The van der Waals surface area contributed by atoms with E-state index in [2.05, 4.69) is 49.4 Å². The molecule has 0 radical (unpaired) electrons. The number of hydrogen-bond acceptors (Lipinski definition) is 2. The lowest BCUT2D eigenvalue weighted by Gasteiger charge is -2.20. The molecule has 0 spiro atoms. The van der Waals surface area contributed by atoms with E-state index in [9.17, 15) is 0 Å². The Labute approximate surface area is 165 Å². The Morgan fingerprint density at radius 3 is 1.86 bits per heavy atom. The van der Waals surface area contributed by atoms with E-state index < -0.39 is 0 Å². The average Bonchev–Trinajstić information content (AvgIpc) is 3.08. The highest BCUT2D eigenvalue weighted by molar-refractivity contribution is 5.98. The summed E-state index contributed by atoms with van der Waals surface area (Å²) in [6, 6.07) is 27.2. The van der Waals surface area contributed by atoms with Gasteiger partial charge < -0.3 is 11.5 Å².